The summed E-state index contributed by atoms with van der Waals surface area (Å²) in [6, 6.07) is 16.2. The Bertz CT molecular complexity index is 860. The van der Waals surface area contributed by atoms with Crippen molar-refractivity contribution in [2.75, 3.05) is 0 Å². The number of nitrogens with zero attached hydrogens (tertiary/aromatic N) is 6. The Morgan fingerprint density at radius 2 is 1.09 bits per heavy atom. The highest BCUT2D eigenvalue weighted by Gasteiger charge is 2.21. The molecule has 2 aromatic carbocycles. The first-order valence-electron chi connectivity index (χ1n) is 7.35. The molecule has 2 unspecified atom stereocenters. The van der Waals surface area contributed by atoms with Crippen LogP contribution in [0.1, 0.15) is 25.9 Å². The number of benzene rings is 2. The van der Waals surface area contributed by atoms with Gasteiger partial charge in [0.25, 0.3) is 0 Å². The number of para-hydroxylation sites is 2. The Labute approximate surface area is 127 Å². The minimum absolute atomic E-state index is 0.109. The van der Waals surface area contributed by atoms with Gasteiger partial charge in [-0.15, -0.1) is 10.2 Å². The van der Waals surface area contributed by atoms with Gasteiger partial charge < -0.3 is 0 Å². The second kappa shape index (κ2) is 4.91. The number of rotatable bonds is 3. The Hall–Kier alpha value is -2.76. The molecule has 0 fully saturated rings. The van der Waals surface area contributed by atoms with Gasteiger partial charge >= 0.3 is 0 Å². The van der Waals surface area contributed by atoms with E-state index < -0.39 is 0 Å². The van der Waals surface area contributed by atoms with Crippen molar-refractivity contribution < 1.29 is 0 Å². The number of aromatic nitrogens is 6. The molecule has 110 valence electrons. The summed E-state index contributed by atoms with van der Waals surface area (Å²) in [5.41, 5.74) is 3.88. The van der Waals surface area contributed by atoms with Crippen LogP contribution in [0.4, 0.5) is 0 Å². The summed E-state index contributed by atoms with van der Waals surface area (Å²) < 4.78 is 3.91. The van der Waals surface area contributed by atoms with E-state index in [2.05, 4.69) is 34.5 Å². The second-order valence-corrected chi connectivity index (χ2v) is 5.53. The van der Waals surface area contributed by atoms with E-state index in [1.165, 1.54) is 0 Å². The molecule has 0 bridgehead atoms. The highest BCUT2D eigenvalue weighted by atomic mass is 15.5. The van der Waals surface area contributed by atoms with Crippen molar-refractivity contribution in [1.29, 1.82) is 0 Å². The lowest BCUT2D eigenvalue weighted by atomic mass is 10.1. The van der Waals surface area contributed by atoms with Crippen molar-refractivity contribution >= 4 is 22.1 Å². The molecule has 2 heterocycles. The van der Waals surface area contributed by atoms with E-state index in [1.807, 2.05) is 57.9 Å². The Morgan fingerprint density at radius 3 is 1.55 bits per heavy atom. The van der Waals surface area contributed by atoms with E-state index in [-0.39, 0.29) is 12.1 Å². The average molecular weight is 292 g/mol. The van der Waals surface area contributed by atoms with Crippen LogP contribution in [-0.4, -0.2) is 30.0 Å². The normalized spacial score (nSPS) is 14.5. The van der Waals surface area contributed by atoms with Crippen molar-refractivity contribution in [3.8, 4) is 0 Å². The minimum atomic E-state index is 0.109. The SMILES string of the molecule is CC(C(C)n1nnc2ccccc21)n1nnc2ccccc21. The number of hydrogen-bond acceptors (Lipinski definition) is 4. The van der Waals surface area contributed by atoms with Gasteiger partial charge in [0.1, 0.15) is 11.0 Å². The standard InChI is InChI=1S/C16H16N6/c1-11(21-15-9-5-3-7-13(15)17-19-21)12(2)22-16-10-6-4-8-14(16)18-20-22/h3-12H,1-2H3. The van der Waals surface area contributed by atoms with Crippen LogP contribution in [0.2, 0.25) is 0 Å². The molecule has 6 heteroatoms. The quantitative estimate of drug-likeness (QED) is 0.582. The molecule has 0 aliphatic heterocycles. The van der Waals surface area contributed by atoms with Crippen molar-refractivity contribution in [3.05, 3.63) is 48.5 Å². The van der Waals surface area contributed by atoms with E-state index in [9.17, 15) is 0 Å². The largest absolute Gasteiger partial charge is 0.240 e. The summed E-state index contributed by atoms with van der Waals surface area (Å²) in [4.78, 5) is 0. The van der Waals surface area contributed by atoms with E-state index in [1.54, 1.807) is 0 Å². The molecule has 4 aromatic rings. The lowest BCUT2D eigenvalue weighted by molar-refractivity contribution is 0.329. The molecule has 0 N–H and O–H groups in total. The third-order valence-corrected chi connectivity index (χ3v) is 4.22. The molecule has 0 saturated heterocycles. The zero-order valence-corrected chi connectivity index (χ0v) is 12.5. The van der Waals surface area contributed by atoms with Gasteiger partial charge in [-0.05, 0) is 38.1 Å². The maximum Gasteiger partial charge on any atom is 0.113 e. The first kappa shape index (κ1) is 12.9. The second-order valence-electron chi connectivity index (χ2n) is 5.53. The van der Waals surface area contributed by atoms with Gasteiger partial charge in [-0.1, -0.05) is 34.7 Å². The van der Waals surface area contributed by atoms with E-state index in [0.717, 1.165) is 22.1 Å². The number of fused-ring (bicyclic) bond motifs is 2. The Morgan fingerprint density at radius 1 is 0.682 bits per heavy atom. The zero-order valence-electron chi connectivity index (χ0n) is 12.5. The van der Waals surface area contributed by atoms with Crippen molar-refractivity contribution in [2.45, 2.75) is 25.9 Å². The van der Waals surface area contributed by atoms with Gasteiger partial charge in [0.15, 0.2) is 0 Å². The maximum absolute atomic E-state index is 4.31. The molecule has 2 aromatic heterocycles. The molecule has 2 atom stereocenters. The molecule has 4 rings (SSSR count). The predicted octanol–water partition coefficient (Wildman–Crippen LogP) is 3.00. The van der Waals surface area contributed by atoms with Crippen LogP contribution >= 0.6 is 0 Å². The summed E-state index contributed by atoms with van der Waals surface area (Å²) in [6.07, 6.45) is 0. The third kappa shape index (κ3) is 1.88. The highest BCUT2D eigenvalue weighted by molar-refractivity contribution is 5.75. The van der Waals surface area contributed by atoms with Crippen LogP contribution in [-0.2, 0) is 0 Å². The van der Waals surface area contributed by atoms with Crippen LogP contribution in [0, 0.1) is 0 Å². The van der Waals surface area contributed by atoms with Gasteiger partial charge in [0.2, 0.25) is 0 Å². The first-order chi connectivity index (χ1) is 10.8. The summed E-state index contributed by atoms with van der Waals surface area (Å²) in [5.74, 6) is 0. The van der Waals surface area contributed by atoms with Gasteiger partial charge in [-0.3, -0.25) is 0 Å². The summed E-state index contributed by atoms with van der Waals surface area (Å²) in [7, 11) is 0. The smallest absolute Gasteiger partial charge is 0.113 e. The molecule has 0 spiro atoms. The molecule has 22 heavy (non-hydrogen) atoms. The summed E-state index contributed by atoms with van der Waals surface area (Å²) in [6.45, 7) is 4.25. The topological polar surface area (TPSA) is 61.4 Å². The Balaban J connectivity index is 1.77. The van der Waals surface area contributed by atoms with Gasteiger partial charge in [-0.25, -0.2) is 9.36 Å². The zero-order chi connectivity index (χ0) is 15.1. The highest BCUT2D eigenvalue weighted by Crippen LogP contribution is 2.27. The molecule has 0 aliphatic carbocycles. The molecular weight excluding hydrogens is 276 g/mol. The number of hydrogen-bond donors (Lipinski definition) is 0. The Kier molecular flexibility index (Phi) is 2.89. The monoisotopic (exact) mass is 292 g/mol. The van der Waals surface area contributed by atoms with Crippen LogP contribution in [0.25, 0.3) is 22.1 Å². The van der Waals surface area contributed by atoms with Gasteiger partial charge in [0.05, 0.1) is 23.1 Å². The lowest BCUT2D eigenvalue weighted by Gasteiger charge is -2.21. The van der Waals surface area contributed by atoms with E-state index in [0.29, 0.717) is 0 Å². The maximum atomic E-state index is 4.31. The minimum Gasteiger partial charge on any atom is -0.240 e. The molecular formula is C16H16N6. The van der Waals surface area contributed by atoms with Crippen LogP contribution in [0.5, 0.6) is 0 Å². The fourth-order valence-electron chi connectivity index (χ4n) is 2.78. The van der Waals surface area contributed by atoms with E-state index >= 15 is 0 Å². The molecule has 0 radical (unpaired) electrons. The van der Waals surface area contributed by atoms with Gasteiger partial charge in [-0.2, -0.15) is 0 Å². The van der Waals surface area contributed by atoms with Crippen LogP contribution < -0.4 is 0 Å². The molecule has 6 nitrogen and oxygen atoms in total. The third-order valence-electron chi connectivity index (χ3n) is 4.22. The molecule has 0 amide bonds. The average Bonchev–Trinajstić information content (AvgIpc) is 3.17. The van der Waals surface area contributed by atoms with Crippen molar-refractivity contribution in [2.24, 2.45) is 0 Å². The van der Waals surface area contributed by atoms with Gasteiger partial charge in [0, 0.05) is 0 Å². The van der Waals surface area contributed by atoms with Crippen LogP contribution in [0.3, 0.4) is 0 Å². The van der Waals surface area contributed by atoms with Crippen molar-refractivity contribution in [1.82, 2.24) is 30.0 Å². The summed E-state index contributed by atoms with van der Waals surface area (Å²) >= 11 is 0. The van der Waals surface area contributed by atoms with E-state index in [4.69, 9.17) is 0 Å². The first-order valence-corrected chi connectivity index (χ1v) is 7.35. The lowest BCUT2D eigenvalue weighted by Crippen LogP contribution is -2.20. The molecule has 0 aliphatic rings. The fraction of sp³-hybridized carbons (Fsp3) is 0.250. The van der Waals surface area contributed by atoms with Crippen molar-refractivity contribution in [3.63, 3.8) is 0 Å². The molecule has 0 saturated carbocycles. The summed E-state index contributed by atoms with van der Waals surface area (Å²) in [5, 5.41) is 17.1. The fourth-order valence-corrected chi connectivity index (χ4v) is 2.78. The predicted molar refractivity (Wildman–Crippen MR) is 84.5 cm³/mol. The van der Waals surface area contributed by atoms with Crippen LogP contribution in [0.15, 0.2) is 48.5 Å².